The normalized spacial score (nSPS) is 11.2. The largest absolute Gasteiger partial charge is 0.461 e. The van der Waals surface area contributed by atoms with E-state index in [9.17, 15) is 22.8 Å². The molecule has 1 aromatic carbocycles. The maximum absolute atomic E-state index is 11.8. The molecule has 21 heavy (non-hydrogen) atoms. The van der Waals surface area contributed by atoms with Crippen LogP contribution in [0.25, 0.3) is 0 Å². The topological polar surface area (TPSA) is 78.6 Å². The number of primary amides is 1. The van der Waals surface area contributed by atoms with Gasteiger partial charge in [-0.3, -0.25) is 9.59 Å². The highest BCUT2D eigenvalue weighted by atomic mass is 19.4. The lowest BCUT2D eigenvalue weighted by molar-refractivity contribution is -0.176. The zero-order valence-electron chi connectivity index (χ0n) is 11.0. The van der Waals surface area contributed by atoms with E-state index in [2.05, 4.69) is 4.74 Å². The van der Waals surface area contributed by atoms with Gasteiger partial charge in [0, 0.05) is 11.1 Å². The van der Waals surface area contributed by atoms with Crippen molar-refractivity contribution in [3.05, 3.63) is 35.4 Å². The van der Waals surface area contributed by atoms with Gasteiger partial charge in [0.25, 0.3) is 0 Å². The quantitative estimate of drug-likeness (QED) is 0.615. The van der Waals surface area contributed by atoms with Gasteiger partial charge in [0.2, 0.25) is 5.91 Å². The minimum atomic E-state index is -4.43. The molecule has 0 aromatic heterocycles. The number of nitrogens with two attached hydrogens (primary N) is 1. The van der Waals surface area contributed by atoms with Crippen molar-refractivity contribution in [2.75, 3.05) is 13.2 Å². The zero-order chi connectivity index (χ0) is 15.9. The minimum Gasteiger partial charge on any atom is -0.461 e. The molecule has 2 N–H and O–H groups in total. The highest BCUT2D eigenvalue weighted by Gasteiger charge is 2.27. The molecular formula is C13H14F3NO4. The number of carbonyl (C=O) groups is 2. The Morgan fingerprint density at radius 1 is 1.19 bits per heavy atom. The van der Waals surface area contributed by atoms with Crippen LogP contribution in [-0.4, -0.2) is 31.3 Å². The number of benzene rings is 1. The van der Waals surface area contributed by atoms with Gasteiger partial charge in [0.15, 0.2) is 0 Å². The molecule has 0 aliphatic heterocycles. The molecule has 0 heterocycles. The Hall–Kier alpha value is -2.09. The lowest BCUT2D eigenvalue weighted by Crippen LogP contribution is -2.19. The van der Waals surface area contributed by atoms with Crippen LogP contribution in [0.2, 0.25) is 0 Å². The second kappa shape index (κ2) is 7.63. The predicted molar refractivity (Wildman–Crippen MR) is 66.2 cm³/mol. The van der Waals surface area contributed by atoms with Crippen molar-refractivity contribution >= 4 is 11.9 Å². The molecule has 0 saturated carbocycles. The predicted octanol–water partition coefficient (Wildman–Crippen LogP) is 1.80. The van der Waals surface area contributed by atoms with Crippen LogP contribution in [-0.2, 0) is 20.9 Å². The van der Waals surface area contributed by atoms with E-state index in [0.29, 0.717) is 5.56 Å². The molecule has 0 saturated heterocycles. The summed E-state index contributed by atoms with van der Waals surface area (Å²) in [5.74, 6) is -1.38. The zero-order valence-corrected chi connectivity index (χ0v) is 11.0. The lowest BCUT2D eigenvalue weighted by Gasteiger charge is -2.09. The third-order valence-electron chi connectivity index (χ3n) is 2.39. The number of esters is 1. The van der Waals surface area contributed by atoms with E-state index >= 15 is 0 Å². The Morgan fingerprint density at radius 2 is 1.86 bits per heavy atom. The van der Waals surface area contributed by atoms with Gasteiger partial charge in [-0.1, -0.05) is 18.2 Å². The molecule has 0 atom stereocenters. The summed E-state index contributed by atoms with van der Waals surface area (Å²) in [6.45, 7) is -1.99. The van der Waals surface area contributed by atoms with Crippen molar-refractivity contribution in [3.8, 4) is 0 Å². The second-order valence-electron chi connectivity index (χ2n) is 4.10. The second-order valence-corrected chi connectivity index (χ2v) is 4.10. The third-order valence-corrected chi connectivity index (χ3v) is 2.39. The summed E-state index contributed by atoms with van der Waals surface area (Å²) in [4.78, 5) is 22.4. The molecule has 0 bridgehead atoms. The molecule has 0 spiro atoms. The van der Waals surface area contributed by atoms with Crippen LogP contribution in [0.15, 0.2) is 24.3 Å². The molecule has 0 aliphatic carbocycles. The van der Waals surface area contributed by atoms with Crippen molar-refractivity contribution in [1.82, 2.24) is 0 Å². The fourth-order valence-corrected chi connectivity index (χ4v) is 1.46. The van der Waals surface area contributed by atoms with E-state index in [4.69, 9.17) is 10.5 Å². The van der Waals surface area contributed by atoms with Crippen LogP contribution in [0.3, 0.4) is 0 Å². The summed E-state index contributed by atoms with van der Waals surface area (Å²) in [7, 11) is 0. The van der Waals surface area contributed by atoms with E-state index < -0.39 is 31.3 Å². The van der Waals surface area contributed by atoms with Gasteiger partial charge in [0.1, 0.15) is 13.2 Å². The van der Waals surface area contributed by atoms with Gasteiger partial charge in [-0.05, 0) is 6.07 Å². The van der Waals surface area contributed by atoms with Crippen LogP contribution in [0.5, 0.6) is 0 Å². The molecule has 0 radical (unpaired) electrons. The van der Waals surface area contributed by atoms with Gasteiger partial charge >= 0.3 is 12.1 Å². The minimum absolute atomic E-state index is 0.183. The van der Waals surface area contributed by atoms with Crippen LogP contribution < -0.4 is 5.73 Å². The van der Waals surface area contributed by atoms with Crippen molar-refractivity contribution in [3.63, 3.8) is 0 Å². The molecular weight excluding hydrogens is 291 g/mol. The lowest BCUT2D eigenvalue weighted by atomic mass is 10.1. The molecule has 1 rings (SSSR count). The molecule has 8 heteroatoms. The number of amides is 1. The number of alkyl halides is 3. The number of ether oxygens (including phenoxy) is 2. The van der Waals surface area contributed by atoms with E-state index in [1.165, 1.54) is 6.07 Å². The maximum Gasteiger partial charge on any atom is 0.411 e. The number of rotatable bonds is 7. The summed E-state index contributed by atoms with van der Waals surface area (Å²) >= 11 is 0. The number of hydrogen-bond donors (Lipinski definition) is 1. The Labute approximate surface area is 118 Å². The third kappa shape index (κ3) is 6.75. The van der Waals surface area contributed by atoms with Crippen LogP contribution in [0.4, 0.5) is 13.2 Å². The van der Waals surface area contributed by atoms with Crippen molar-refractivity contribution < 1.29 is 32.2 Å². The molecule has 0 aliphatic rings. The van der Waals surface area contributed by atoms with E-state index in [1.54, 1.807) is 18.2 Å². The van der Waals surface area contributed by atoms with E-state index in [1.807, 2.05) is 0 Å². The Bertz CT molecular complexity index is 502. The average Bonchev–Trinajstić information content (AvgIpc) is 2.40. The Morgan fingerprint density at radius 3 is 2.48 bits per heavy atom. The number of halogens is 3. The van der Waals surface area contributed by atoms with Crippen LogP contribution in [0.1, 0.15) is 22.3 Å². The first kappa shape index (κ1) is 17.0. The molecule has 116 valence electrons. The molecule has 0 fully saturated rings. The van der Waals surface area contributed by atoms with Gasteiger partial charge in [-0.25, -0.2) is 0 Å². The first-order valence-corrected chi connectivity index (χ1v) is 5.97. The monoisotopic (exact) mass is 305 g/mol. The average molecular weight is 305 g/mol. The summed E-state index contributed by atoms with van der Waals surface area (Å²) in [5.41, 5.74) is 5.80. The molecule has 1 aromatic rings. The van der Waals surface area contributed by atoms with Crippen LogP contribution in [0, 0.1) is 0 Å². The van der Waals surface area contributed by atoms with E-state index in [-0.39, 0.29) is 18.6 Å². The van der Waals surface area contributed by atoms with Crippen molar-refractivity contribution in [1.29, 1.82) is 0 Å². The maximum atomic E-state index is 11.8. The molecule has 1 amide bonds. The SMILES string of the molecule is NC(=O)c1ccccc1COC(=O)CCOCC(F)(F)F. The van der Waals surface area contributed by atoms with Gasteiger partial charge in [0.05, 0.1) is 13.0 Å². The van der Waals surface area contributed by atoms with Gasteiger partial charge < -0.3 is 15.2 Å². The highest BCUT2D eigenvalue weighted by Crippen LogP contribution is 2.14. The van der Waals surface area contributed by atoms with Crippen LogP contribution >= 0.6 is 0 Å². The van der Waals surface area contributed by atoms with Crippen molar-refractivity contribution in [2.24, 2.45) is 5.73 Å². The van der Waals surface area contributed by atoms with Gasteiger partial charge in [-0.2, -0.15) is 13.2 Å². The standard InChI is InChI=1S/C13H14F3NO4/c14-13(15,16)8-20-6-5-11(18)21-7-9-3-1-2-4-10(9)12(17)19/h1-4H,5-8H2,(H2,17,19). The Balaban J connectivity index is 2.35. The highest BCUT2D eigenvalue weighted by molar-refractivity contribution is 5.94. The van der Waals surface area contributed by atoms with Crippen molar-refractivity contribution in [2.45, 2.75) is 19.2 Å². The fourth-order valence-electron chi connectivity index (χ4n) is 1.46. The number of carbonyl (C=O) groups excluding carboxylic acids is 2. The van der Waals surface area contributed by atoms with E-state index in [0.717, 1.165) is 0 Å². The summed E-state index contributed by atoms with van der Waals surface area (Å²) in [6.07, 6.45) is -4.74. The fraction of sp³-hybridized carbons (Fsp3) is 0.385. The van der Waals surface area contributed by atoms with Gasteiger partial charge in [-0.15, -0.1) is 0 Å². The Kier molecular flexibility index (Phi) is 6.16. The number of hydrogen-bond acceptors (Lipinski definition) is 4. The smallest absolute Gasteiger partial charge is 0.411 e. The summed E-state index contributed by atoms with van der Waals surface area (Å²) in [5, 5.41) is 0. The first-order chi connectivity index (χ1) is 9.79. The first-order valence-electron chi connectivity index (χ1n) is 5.97. The summed E-state index contributed by atoms with van der Waals surface area (Å²) in [6, 6.07) is 6.30. The summed E-state index contributed by atoms with van der Waals surface area (Å²) < 4.78 is 44.5. The molecule has 5 nitrogen and oxygen atoms in total. The molecule has 0 unspecified atom stereocenters.